The smallest absolute Gasteiger partial charge is 0.410 e. The first-order valence-electron chi connectivity index (χ1n) is 9.20. The second kappa shape index (κ2) is 7.85. The molecule has 1 aliphatic rings. The fourth-order valence-electron chi connectivity index (χ4n) is 2.99. The molecule has 2 aromatic rings. The van der Waals surface area contributed by atoms with Crippen LogP contribution in [0.3, 0.4) is 0 Å². The molecule has 0 radical (unpaired) electrons. The number of hydrogen-bond acceptors (Lipinski definition) is 6. The Morgan fingerprint density at radius 2 is 2.00 bits per heavy atom. The van der Waals surface area contributed by atoms with Crippen molar-refractivity contribution in [1.82, 2.24) is 24.1 Å². The lowest BCUT2D eigenvalue weighted by Crippen LogP contribution is -2.50. The molecule has 1 amide bonds. The number of rotatable bonds is 4. The maximum atomic E-state index is 12.2. The normalized spacial score (nSPS) is 15.9. The van der Waals surface area contributed by atoms with Crippen LogP contribution in [0.4, 0.5) is 4.79 Å². The summed E-state index contributed by atoms with van der Waals surface area (Å²) in [7, 11) is 0. The van der Waals surface area contributed by atoms with E-state index in [1.165, 1.54) is 0 Å². The van der Waals surface area contributed by atoms with Gasteiger partial charge in [-0.2, -0.15) is 0 Å². The van der Waals surface area contributed by atoms with E-state index in [4.69, 9.17) is 21.4 Å². The van der Waals surface area contributed by atoms with Gasteiger partial charge in [-0.1, -0.05) is 0 Å². The lowest BCUT2D eigenvalue weighted by molar-refractivity contribution is 0.0113. The van der Waals surface area contributed by atoms with Gasteiger partial charge in [-0.15, -0.1) is 5.10 Å². The summed E-state index contributed by atoms with van der Waals surface area (Å²) in [4.78, 5) is 16.2. The molecule has 3 heterocycles. The second-order valence-electron chi connectivity index (χ2n) is 7.55. The Balaban J connectivity index is 1.64. The summed E-state index contributed by atoms with van der Waals surface area (Å²) >= 11 is 5.59. The van der Waals surface area contributed by atoms with Gasteiger partial charge in [-0.3, -0.25) is 9.47 Å². The Kier molecular flexibility index (Phi) is 5.71. The van der Waals surface area contributed by atoms with Gasteiger partial charge in [0.25, 0.3) is 0 Å². The van der Waals surface area contributed by atoms with E-state index in [1.54, 1.807) is 11.2 Å². The third-order valence-corrected chi connectivity index (χ3v) is 4.77. The van der Waals surface area contributed by atoms with Gasteiger partial charge in [0.2, 0.25) is 0 Å². The number of ether oxygens (including phenoxy) is 1. The van der Waals surface area contributed by atoms with Crippen molar-refractivity contribution >= 4 is 18.3 Å². The molecule has 8 nitrogen and oxygen atoms in total. The zero-order valence-electron chi connectivity index (χ0n) is 16.3. The van der Waals surface area contributed by atoms with Crippen LogP contribution in [0.2, 0.25) is 0 Å². The molecule has 2 aromatic heterocycles. The monoisotopic (exact) mass is 393 g/mol. The van der Waals surface area contributed by atoms with Crippen LogP contribution in [0.5, 0.6) is 0 Å². The standard InChI is InChI=1S/C18H27N5O3S/c1-5-22-15(14-7-6-12-25-14)19-23(16(22)27)13-20-8-10-21(11-9-20)17(24)26-18(2,3)4/h6-7,12H,5,8-11,13H2,1-4H3. The maximum absolute atomic E-state index is 12.2. The number of amides is 1. The van der Waals surface area contributed by atoms with E-state index < -0.39 is 5.60 Å². The summed E-state index contributed by atoms with van der Waals surface area (Å²) in [5.74, 6) is 1.44. The molecule has 1 fully saturated rings. The van der Waals surface area contributed by atoms with Gasteiger partial charge < -0.3 is 14.1 Å². The van der Waals surface area contributed by atoms with Crippen LogP contribution in [-0.2, 0) is 18.0 Å². The van der Waals surface area contributed by atoms with Gasteiger partial charge in [0, 0.05) is 32.7 Å². The zero-order chi connectivity index (χ0) is 19.6. The lowest BCUT2D eigenvalue weighted by Gasteiger charge is -2.35. The molecule has 0 unspecified atom stereocenters. The summed E-state index contributed by atoms with van der Waals surface area (Å²) in [6, 6.07) is 3.72. The van der Waals surface area contributed by atoms with E-state index >= 15 is 0 Å². The number of hydrogen-bond donors (Lipinski definition) is 0. The SMILES string of the molecule is CCn1c(-c2ccco2)nn(CN2CCN(C(=O)OC(C)(C)C)CC2)c1=S. The van der Waals surface area contributed by atoms with Crippen LogP contribution < -0.4 is 0 Å². The maximum Gasteiger partial charge on any atom is 0.410 e. The van der Waals surface area contributed by atoms with Gasteiger partial charge >= 0.3 is 6.09 Å². The summed E-state index contributed by atoms with van der Waals surface area (Å²) in [6.45, 7) is 11.7. The minimum absolute atomic E-state index is 0.255. The molecule has 0 atom stereocenters. The van der Waals surface area contributed by atoms with Gasteiger partial charge in [0.15, 0.2) is 16.4 Å². The van der Waals surface area contributed by atoms with Gasteiger partial charge in [-0.25, -0.2) is 9.48 Å². The largest absolute Gasteiger partial charge is 0.461 e. The summed E-state index contributed by atoms with van der Waals surface area (Å²) in [6.07, 6.45) is 1.38. The van der Waals surface area contributed by atoms with Gasteiger partial charge in [0.1, 0.15) is 5.60 Å². The molecule has 0 spiro atoms. The van der Waals surface area contributed by atoms with Crippen molar-refractivity contribution in [2.45, 2.75) is 46.5 Å². The topological polar surface area (TPSA) is 68.7 Å². The average Bonchev–Trinajstić information content (AvgIpc) is 3.22. The molecule has 27 heavy (non-hydrogen) atoms. The first-order chi connectivity index (χ1) is 12.8. The molecule has 9 heteroatoms. The number of carbonyl (C=O) groups excluding carboxylic acids is 1. The molecule has 1 aliphatic heterocycles. The van der Waals surface area contributed by atoms with E-state index in [2.05, 4.69) is 10.00 Å². The lowest BCUT2D eigenvalue weighted by atomic mass is 10.2. The van der Waals surface area contributed by atoms with Crippen molar-refractivity contribution in [2.75, 3.05) is 26.2 Å². The molecular weight excluding hydrogens is 366 g/mol. The fourth-order valence-corrected chi connectivity index (χ4v) is 3.31. The number of furan rings is 1. The van der Waals surface area contributed by atoms with Crippen molar-refractivity contribution in [3.05, 3.63) is 23.2 Å². The Bertz CT molecular complexity index is 826. The molecule has 0 saturated carbocycles. The van der Waals surface area contributed by atoms with Crippen molar-refractivity contribution in [1.29, 1.82) is 0 Å². The number of nitrogens with zero attached hydrogens (tertiary/aromatic N) is 5. The summed E-state index contributed by atoms with van der Waals surface area (Å²) in [5, 5.41) is 4.65. The quantitative estimate of drug-likeness (QED) is 0.743. The first kappa shape index (κ1) is 19.6. The van der Waals surface area contributed by atoms with E-state index in [0.717, 1.165) is 25.5 Å². The van der Waals surface area contributed by atoms with Crippen LogP contribution >= 0.6 is 12.2 Å². The third kappa shape index (κ3) is 4.59. The van der Waals surface area contributed by atoms with Gasteiger partial charge in [0.05, 0.1) is 12.9 Å². The molecule has 0 aromatic carbocycles. The van der Waals surface area contributed by atoms with Crippen LogP contribution in [0, 0.1) is 4.77 Å². The highest BCUT2D eigenvalue weighted by molar-refractivity contribution is 7.71. The van der Waals surface area contributed by atoms with Crippen molar-refractivity contribution in [2.24, 2.45) is 0 Å². The molecule has 0 aliphatic carbocycles. The Morgan fingerprint density at radius 3 is 2.56 bits per heavy atom. The highest BCUT2D eigenvalue weighted by atomic mass is 32.1. The molecule has 3 rings (SSSR count). The predicted octanol–water partition coefficient (Wildman–Crippen LogP) is 3.20. The second-order valence-corrected chi connectivity index (χ2v) is 7.92. The molecule has 148 valence electrons. The fraction of sp³-hybridized carbons (Fsp3) is 0.611. The average molecular weight is 394 g/mol. The Morgan fingerprint density at radius 1 is 1.30 bits per heavy atom. The number of piperazine rings is 1. The predicted molar refractivity (Wildman–Crippen MR) is 104 cm³/mol. The van der Waals surface area contributed by atoms with Crippen molar-refractivity contribution in [3.63, 3.8) is 0 Å². The molecule has 0 bridgehead atoms. The van der Waals surface area contributed by atoms with Crippen LogP contribution in [0.15, 0.2) is 22.8 Å². The number of carbonyl (C=O) groups is 1. The van der Waals surface area contributed by atoms with Crippen LogP contribution in [0.25, 0.3) is 11.6 Å². The zero-order valence-corrected chi connectivity index (χ0v) is 17.2. The molecular formula is C18H27N5O3S. The first-order valence-corrected chi connectivity index (χ1v) is 9.61. The third-order valence-electron chi connectivity index (χ3n) is 4.34. The van der Waals surface area contributed by atoms with E-state index in [1.807, 2.05) is 49.1 Å². The minimum atomic E-state index is -0.476. The van der Waals surface area contributed by atoms with Crippen molar-refractivity contribution in [3.8, 4) is 11.6 Å². The highest BCUT2D eigenvalue weighted by Gasteiger charge is 2.26. The highest BCUT2D eigenvalue weighted by Crippen LogP contribution is 2.19. The van der Waals surface area contributed by atoms with Crippen molar-refractivity contribution < 1.29 is 13.9 Å². The van der Waals surface area contributed by atoms with E-state index in [0.29, 0.717) is 30.3 Å². The number of aromatic nitrogens is 3. The Labute approximate surface area is 164 Å². The van der Waals surface area contributed by atoms with Gasteiger partial charge in [-0.05, 0) is 52.0 Å². The summed E-state index contributed by atoms with van der Waals surface area (Å²) in [5.41, 5.74) is -0.476. The Hall–Kier alpha value is -2.13. The minimum Gasteiger partial charge on any atom is -0.461 e. The van der Waals surface area contributed by atoms with E-state index in [9.17, 15) is 4.79 Å². The molecule has 1 saturated heterocycles. The molecule has 0 N–H and O–H groups in total. The van der Waals surface area contributed by atoms with Crippen LogP contribution in [0.1, 0.15) is 27.7 Å². The summed E-state index contributed by atoms with van der Waals surface area (Å²) < 4.78 is 15.4. The van der Waals surface area contributed by atoms with E-state index in [-0.39, 0.29) is 6.09 Å². The van der Waals surface area contributed by atoms with Crippen LogP contribution in [-0.4, -0.2) is 62.0 Å².